The van der Waals surface area contributed by atoms with Crippen molar-refractivity contribution in [1.82, 2.24) is 0 Å². The first kappa shape index (κ1) is 18.7. The largest absolute Gasteiger partial charge is 0.456 e. The van der Waals surface area contributed by atoms with Crippen molar-refractivity contribution in [1.29, 1.82) is 0 Å². The Hall–Kier alpha value is -5.66. The molecule has 1 heteroatoms. The second-order valence-corrected chi connectivity index (χ2v) is 10.8. The van der Waals surface area contributed by atoms with Crippen molar-refractivity contribution in [2.24, 2.45) is 0 Å². The summed E-state index contributed by atoms with van der Waals surface area (Å²) in [6.07, 6.45) is 0. The van der Waals surface area contributed by atoms with E-state index in [0.29, 0.717) is 11.1 Å². The van der Waals surface area contributed by atoms with Crippen LogP contribution in [0.1, 0.15) is 8.22 Å². The average molecular weight is 553 g/mol. The lowest BCUT2D eigenvalue weighted by Crippen LogP contribution is -1.91. The molecular formula is C42H26O. The van der Waals surface area contributed by atoms with Gasteiger partial charge in [0.05, 0.1) is 8.22 Å². The quantitative estimate of drug-likeness (QED) is 0.199. The van der Waals surface area contributed by atoms with Crippen molar-refractivity contribution < 1.29 is 12.6 Å². The first-order valence-electron chi connectivity index (χ1n) is 17.3. The molecule has 0 fully saturated rings. The highest BCUT2D eigenvalue weighted by molar-refractivity contribution is 6.22. The van der Waals surface area contributed by atoms with Gasteiger partial charge in [-0.25, -0.2) is 0 Å². The molecule has 0 saturated carbocycles. The van der Waals surface area contributed by atoms with Gasteiger partial charge in [0, 0.05) is 10.8 Å². The minimum atomic E-state index is -0.226. The molecule has 9 rings (SSSR count). The molecule has 0 atom stereocenters. The number of fused-ring (bicyclic) bond motifs is 6. The van der Waals surface area contributed by atoms with E-state index in [9.17, 15) is 4.11 Å². The Morgan fingerprint density at radius 3 is 1.53 bits per heavy atom. The Bertz CT molecular complexity index is 2780. The molecule has 8 aromatic carbocycles. The standard InChI is InChI=1S/C42H26O/c1-2-10-27(11-3-1)30-20-22-39-37(25-30)38-26-32(21-23-40(38)43-39)42-35-16-8-6-14-33(35)41(34-15-7-9-17-36(34)42)31-19-18-28-12-4-5-13-29(28)24-31/h1-26H/i20D,21D,22D,23D,25D,26D. The third kappa shape index (κ3) is 3.79. The van der Waals surface area contributed by atoms with Gasteiger partial charge in [-0.05, 0) is 95.9 Å². The number of furan rings is 1. The first-order valence-corrected chi connectivity index (χ1v) is 14.3. The van der Waals surface area contributed by atoms with Crippen LogP contribution in [-0.4, -0.2) is 0 Å². The molecule has 0 unspecified atom stereocenters. The maximum atomic E-state index is 9.71. The van der Waals surface area contributed by atoms with Crippen LogP contribution < -0.4 is 0 Å². The third-order valence-electron chi connectivity index (χ3n) is 8.29. The summed E-state index contributed by atoms with van der Waals surface area (Å²) in [6, 6.07) is 38.9. The number of benzene rings is 8. The molecule has 1 aromatic heterocycles. The van der Waals surface area contributed by atoms with Gasteiger partial charge in [-0.1, -0.05) is 127 Å². The molecular weight excluding hydrogens is 520 g/mol. The summed E-state index contributed by atoms with van der Waals surface area (Å²) in [5, 5.41) is 6.26. The van der Waals surface area contributed by atoms with Crippen LogP contribution in [0.5, 0.6) is 0 Å². The zero-order valence-electron chi connectivity index (χ0n) is 29.0. The van der Waals surface area contributed by atoms with Crippen LogP contribution in [0.15, 0.2) is 162 Å². The Morgan fingerprint density at radius 2 is 0.884 bits per heavy atom. The SMILES string of the molecule is [2H]c1c(-c2ccccc2)c([2H])c2c(oc3c([2H])c([2H])c(-c4c5ccccc5c(-c5ccc6ccccc6c5)c5ccccc45)c([2H])c32)c1[2H]. The first-order chi connectivity index (χ1) is 23.8. The second-order valence-electron chi connectivity index (χ2n) is 10.8. The molecule has 0 radical (unpaired) electrons. The lowest BCUT2D eigenvalue weighted by molar-refractivity contribution is 0.669. The van der Waals surface area contributed by atoms with E-state index < -0.39 is 0 Å². The van der Waals surface area contributed by atoms with E-state index in [4.69, 9.17) is 8.53 Å². The van der Waals surface area contributed by atoms with Crippen molar-refractivity contribution in [3.63, 3.8) is 0 Å². The summed E-state index contributed by atoms with van der Waals surface area (Å²) in [5.41, 5.74) is 3.84. The van der Waals surface area contributed by atoms with Gasteiger partial charge in [-0.3, -0.25) is 0 Å². The molecule has 0 saturated heterocycles. The van der Waals surface area contributed by atoms with Crippen LogP contribution in [0.25, 0.3) is 87.6 Å². The van der Waals surface area contributed by atoms with E-state index in [1.165, 1.54) is 0 Å². The minimum absolute atomic E-state index is 0.0235. The van der Waals surface area contributed by atoms with E-state index in [1.807, 2.05) is 66.7 Å². The smallest absolute Gasteiger partial charge is 0.135 e. The van der Waals surface area contributed by atoms with Crippen molar-refractivity contribution >= 4 is 54.3 Å². The normalized spacial score (nSPS) is 13.7. The highest BCUT2D eigenvalue weighted by atomic mass is 16.3. The summed E-state index contributed by atoms with van der Waals surface area (Å²) in [7, 11) is 0. The highest BCUT2D eigenvalue weighted by Crippen LogP contribution is 2.45. The summed E-state index contributed by atoms with van der Waals surface area (Å²) in [6.45, 7) is 0. The molecule has 0 bridgehead atoms. The molecule has 9 aromatic rings. The number of hydrogen-bond donors (Lipinski definition) is 0. The zero-order chi connectivity index (χ0) is 33.6. The maximum absolute atomic E-state index is 9.71. The van der Waals surface area contributed by atoms with Gasteiger partial charge in [0.25, 0.3) is 0 Å². The molecule has 0 aliphatic carbocycles. The zero-order valence-corrected chi connectivity index (χ0v) is 23.0. The maximum Gasteiger partial charge on any atom is 0.135 e. The molecule has 0 amide bonds. The lowest BCUT2D eigenvalue weighted by Gasteiger charge is -2.18. The van der Waals surface area contributed by atoms with Crippen molar-refractivity contribution in [3.05, 3.63) is 158 Å². The third-order valence-corrected chi connectivity index (χ3v) is 8.29. The van der Waals surface area contributed by atoms with Gasteiger partial charge in [-0.15, -0.1) is 0 Å². The van der Waals surface area contributed by atoms with E-state index in [-0.39, 0.29) is 69.3 Å². The molecule has 0 aliphatic rings. The molecule has 0 N–H and O–H groups in total. The molecule has 200 valence electrons. The summed E-state index contributed by atoms with van der Waals surface area (Å²) >= 11 is 0. The van der Waals surface area contributed by atoms with E-state index in [0.717, 1.165) is 43.4 Å². The van der Waals surface area contributed by atoms with Gasteiger partial charge in [0.2, 0.25) is 0 Å². The summed E-state index contributed by atoms with van der Waals surface area (Å²) in [4.78, 5) is 0. The van der Waals surface area contributed by atoms with E-state index >= 15 is 0 Å². The molecule has 43 heavy (non-hydrogen) atoms. The number of rotatable bonds is 3. The van der Waals surface area contributed by atoms with Gasteiger partial charge in [0.15, 0.2) is 0 Å². The lowest BCUT2D eigenvalue weighted by atomic mass is 9.85. The summed E-state index contributed by atoms with van der Waals surface area (Å²) in [5.74, 6) is 0. The second kappa shape index (κ2) is 9.44. The van der Waals surface area contributed by atoms with E-state index in [1.54, 1.807) is 12.1 Å². The van der Waals surface area contributed by atoms with Crippen LogP contribution in [-0.2, 0) is 0 Å². The van der Waals surface area contributed by atoms with Crippen LogP contribution in [0.3, 0.4) is 0 Å². The van der Waals surface area contributed by atoms with Gasteiger partial charge >= 0.3 is 0 Å². The minimum Gasteiger partial charge on any atom is -0.456 e. The van der Waals surface area contributed by atoms with Gasteiger partial charge < -0.3 is 4.42 Å². The van der Waals surface area contributed by atoms with Gasteiger partial charge in [-0.2, -0.15) is 0 Å². The van der Waals surface area contributed by atoms with Crippen LogP contribution >= 0.6 is 0 Å². The molecule has 1 heterocycles. The van der Waals surface area contributed by atoms with Crippen LogP contribution in [0.4, 0.5) is 0 Å². The Labute approximate surface area is 257 Å². The van der Waals surface area contributed by atoms with Crippen LogP contribution in [0, 0.1) is 0 Å². The van der Waals surface area contributed by atoms with Crippen molar-refractivity contribution in [2.45, 2.75) is 0 Å². The number of hydrogen-bond acceptors (Lipinski definition) is 1. The predicted octanol–water partition coefficient (Wildman–Crippen LogP) is 12.0. The van der Waals surface area contributed by atoms with Crippen LogP contribution in [0.2, 0.25) is 0 Å². The fourth-order valence-corrected chi connectivity index (χ4v) is 6.32. The fourth-order valence-electron chi connectivity index (χ4n) is 6.32. The Balaban J connectivity index is 1.43. The average Bonchev–Trinajstić information content (AvgIpc) is 3.55. The predicted molar refractivity (Wildman–Crippen MR) is 183 cm³/mol. The monoisotopic (exact) mass is 552 g/mol. The van der Waals surface area contributed by atoms with Crippen molar-refractivity contribution in [3.8, 4) is 33.4 Å². The Morgan fingerprint density at radius 1 is 0.372 bits per heavy atom. The van der Waals surface area contributed by atoms with Gasteiger partial charge in [0.1, 0.15) is 11.2 Å². The summed E-state index contributed by atoms with van der Waals surface area (Å²) < 4.78 is 61.2. The fraction of sp³-hybridized carbons (Fsp3) is 0. The van der Waals surface area contributed by atoms with Crippen molar-refractivity contribution in [2.75, 3.05) is 0 Å². The topological polar surface area (TPSA) is 13.1 Å². The Kier molecular flexibility index (Phi) is 4.11. The van der Waals surface area contributed by atoms with E-state index in [2.05, 4.69) is 42.5 Å². The molecule has 0 spiro atoms. The molecule has 0 aliphatic heterocycles. The highest BCUT2D eigenvalue weighted by Gasteiger charge is 2.18. The molecule has 1 nitrogen and oxygen atoms in total.